The first-order chi connectivity index (χ1) is 19.6. The van der Waals surface area contributed by atoms with Crippen molar-refractivity contribution in [1.82, 2.24) is 0 Å². The van der Waals surface area contributed by atoms with E-state index in [1.165, 1.54) is 5.56 Å². The quantitative estimate of drug-likeness (QED) is 0.255. The van der Waals surface area contributed by atoms with E-state index >= 15 is 0 Å². The molecule has 0 aromatic heterocycles. The van der Waals surface area contributed by atoms with Crippen molar-refractivity contribution >= 4 is 40.4 Å². The Bertz CT molecular complexity index is 1410. The van der Waals surface area contributed by atoms with E-state index in [4.69, 9.17) is 10.2 Å². The zero-order valence-electron chi connectivity index (χ0n) is 24.0. The van der Waals surface area contributed by atoms with Crippen molar-refractivity contribution in [2.45, 2.75) is 64.7 Å². The average molecular weight is 559 g/mol. The van der Waals surface area contributed by atoms with Crippen LogP contribution in [-0.4, -0.2) is 57.9 Å². The van der Waals surface area contributed by atoms with Crippen LogP contribution in [0.4, 0.5) is 11.4 Å². The van der Waals surface area contributed by atoms with Crippen LogP contribution >= 0.6 is 0 Å². The lowest BCUT2D eigenvalue weighted by Gasteiger charge is -2.31. The number of para-hydroxylation sites is 1. The zero-order valence-corrected chi connectivity index (χ0v) is 24.0. The molecule has 216 valence electrons. The van der Waals surface area contributed by atoms with Crippen molar-refractivity contribution in [3.8, 4) is 0 Å². The topological polar surface area (TPSA) is 121 Å². The first kappa shape index (κ1) is 29.8. The van der Waals surface area contributed by atoms with Crippen LogP contribution in [0.1, 0.15) is 70.4 Å². The number of hydrogen-bond donors (Lipinski definition) is 2. The van der Waals surface area contributed by atoms with Gasteiger partial charge in [-0.15, -0.1) is 0 Å². The fourth-order valence-electron chi connectivity index (χ4n) is 5.65. The standard InChI is InChI=1S/C33H38N2O6/c1-4-5-20-35-26-11-7-6-10-25(26)33(2,3)27(35)21-24-31(40)30(32(24)41)22-14-16-23(17-15-22)34(18-8-12-28(36)37)19-9-13-29(38)39/h6-7,10-11,14-17,21H,4-5,8-9,12-13,18-20H2,1-3H3,(H2-,36,37,38,39,40,41). The van der Waals surface area contributed by atoms with Gasteiger partial charge >= 0.3 is 11.9 Å². The zero-order chi connectivity index (χ0) is 29.7. The number of carbonyl (C=O) groups excluding carboxylic acids is 1. The molecule has 0 fully saturated rings. The molecule has 1 aliphatic heterocycles. The second-order valence-electron chi connectivity index (χ2n) is 11.2. The molecule has 2 aliphatic rings. The third-order valence-electron chi connectivity index (χ3n) is 7.92. The van der Waals surface area contributed by atoms with Crippen LogP contribution in [0.5, 0.6) is 0 Å². The van der Waals surface area contributed by atoms with Crippen LogP contribution in [0.3, 0.4) is 0 Å². The fourth-order valence-corrected chi connectivity index (χ4v) is 5.65. The number of carboxylic acids is 2. The summed E-state index contributed by atoms with van der Waals surface area (Å²) >= 11 is 0. The van der Waals surface area contributed by atoms with Gasteiger partial charge in [-0.3, -0.25) is 14.4 Å². The van der Waals surface area contributed by atoms with E-state index in [0.29, 0.717) is 31.5 Å². The lowest BCUT2D eigenvalue weighted by Crippen LogP contribution is -2.33. The molecule has 0 saturated heterocycles. The maximum absolute atomic E-state index is 13.3. The number of benzene rings is 2. The summed E-state index contributed by atoms with van der Waals surface area (Å²) < 4.78 is 2.24. The number of rotatable bonds is 14. The molecule has 2 aromatic rings. The van der Waals surface area contributed by atoms with Gasteiger partial charge in [0, 0.05) is 66.9 Å². The molecule has 0 spiro atoms. The first-order valence-electron chi connectivity index (χ1n) is 14.3. The summed E-state index contributed by atoms with van der Waals surface area (Å²) in [5.74, 6) is -2.30. The Morgan fingerprint density at radius 3 is 2.12 bits per heavy atom. The van der Waals surface area contributed by atoms with Gasteiger partial charge in [0.05, 0.1) is 5.41 Å². The van der Waals surface area contributed by atoms with E-state index in [9.17, 15) is 19.5 Å². The van der Waals surface area contributed by atoms with Gasteiger partial charge in [-0.05, 0) is 44.4 Å². The van der Waals surface area contributed by atoms with E-state index in [1.807, 2.05) is 17.0 Å². The Balaban J connectivity index is 1.59. The minimum atomic E-state index is -0.885. The largest absolute Gasteiger partial charge is 0.871 e. The van der Waals surface area contributed by atoms with Crippen LogP contribution < -0.4 is 10.0 Å². The van der Waals surface area contributed by atoms with Gasteiger partial charge in [0.2, 0.25) is 5.69 Å². The number of anilines is 1. The molecular formula is C33H38N2O6. The van der Waals surface area contributed by atoms with Crippen molar-refractivity contribution in [1.29, 1.82) is 0 Å². The van der Waals surface area contributed by atoms with Crippen molar-refractivity contribution in [2.24, 2.45) is 0 Å². The Morgan fingerprint density at radius 2 is 1.56 bits per heavy atom. The summed E-state index contributed by atoms with van der Waals surface area (Å²) in [7, 11) is 0. The van der Waals surface area contributed by atoms with Crippen LogP contribution in [0.25, 0.3) is 5.57 Å². The van der Waals surface area contributed by atoms with E-state index in [0.717, 1.165) is 36.5 Å². The van der Waals surface area contributed by atoms with Gasteiger partial charge in [0.25, 0.3) is 0 Å². The van der Waals surface area contributed by atoms with Crippen LogP contribution in [0.2, 0.25) is 0 Å². The Hall–Kier alpha value is -4.20. The van der Waals surface area contributed by atoms with Gasteiger partial charge in [-0.2, -0.15) is 4.58 Å². The smallest absolute Gasteiger partial charge is 0.303 e. The molecule has 8 heteroatoms. The molecular weight excluding hydrogens is 520 g/mol. The SMILES string of the molecule is CCCC[N+]1=C(C=C2C(=O)C(c3ccc(N(CCCC(=O)O)CCCC(=O)O)cc3)=C2[O-])C(C)(C)c2ccccc21. The highest BCUT2D eigenvalue weighted by atomic mass is 16.4. The predicted octanol–water partition coefficient (Wildman–Crippen LogP) is 4.68. The third kappa shape index (κ3) is 6.26. The van der Waals surface area contributed by atoms with E-state index in [1.54, 1.807) is 30.3 Å². The summed E-state index contributed by atoms with van der Waals surface area (Å²) in [6.45, 7) is 8.11. The van der Waals surface area contributed by atoms with Gasteiger partial charge in [0.15, 0.2) is 11.5 Å². The molecule has 1 heterocycles. The number of unbranched alkanes of at least 4 members (excludes halogenated alkanes) is 1. The molecule has 2 N–H and O–H groups in total. The van der Waals surface area contributed by atoms with Gasteiger partial charge in [-0.25, -0.2) is 0 Å². The number of fused-ring (bicyclic) bond motifs is 1. The maximum Gasteiger partial charge on any atom is 0.303 e. The molecule has 0 amide bonds. The van der Waals surface area contributed by atoms with E-state index in [-0.39, 0.29) is 40.9 Å². The molecule has 0 radical (unpaired) electrons. The minimum Gasteiger partial charge on any atom is -0.871 e. The molecule has 0 bridgehead atoms. The van der Waals surface area contributed by atoms with Crippen molar-refractivity contribution < 1.29 is 34.3 Å². The Labute approximate surface area is 240 Å². The highest BCUT2D eigenvalue weighted by Gasteiger charge is 2.45. The lowest BCUT2D eigenvalue weighted by molar-refractivity contribution is -0.438. The summed E-state index contributed by atoms with van der Waals surface area (Å²) in [5.41, 5.74) is 4.60. The van der Waals surface area contributed by atoms with E-state index in [2.05, 4.69) is 37.5 Å². The molecule has 8 nitrogen and oxygen atoms in total. The second kappa shape index (κ2) is 12.5. The number of allylic oxidation sites excluding steroid dienone is 3. The Morgan fingerprint density at radius 1 is 0.951 bits per heavy atom. The number of ketones is 1. The molecule has 2 aromatic carbocycles. The maximum atomic E-state index is 13.3. The summed E-state index contributed by atoms with van der Waals surface area (Å²) in [5, 5.41) is 31.3. The minimum absolute atomic E-state index is 0.0142. The molecule has 4 rings (SSSR count). The normalized spacial score (nSPS) is 16.7. The van der Waals surface area contributed by atoms with Crippen molar-refractivity contribution in [3.63, 3.8) is 0 Å². The van der Waals surface area contributed by atoms with Crippen LogP contribution in [-0.2, 0) is 19.8 Å². The Kier molecular flexibility index (Phi) is 9.11. The van der Waals surface area contributed by atoms with Gasteiger partial charge in [0.1, 0.15) is 6.54 Å². The number of Topliss-reactive ketones (excluding diaryl/α,β-unsaturated/α-hetero) is 1. The summed E-state index contributed by atoms with van der Waals surface area (Å²) in [4.78, 5) is 37.2. The second-order valence-corrected chi connectivity index (χ2v) is 11.2. The number of nitrogens with zero attached hydrogens (tertiary/aromatic N) is 2. The van der Waals surface area contributed by atoms with Crippen LogP contribution in [0.15, 0.2) is 65.9 Å². The average Bonchev–Trinajstić information content (AvgIpc) is 3.15. The van der Waals surface area contributed by atoms with Gasteiger partial charge < -0.3 is 20.2 Å². The van der Waals surface area contributed by atoms with Crippen molar-refractivity contribution in [2.75, 3.05) is 24.5 Å². The molecule has 41 heavy (non-hydrogen) atoms. The monoisotopic (exact) mass is 558 g/mol. The predicted molar refractivity (Wildman–Crippen MR) is 157 cm³/mol. The van der Waals surface area contributed by atoms with E-state index < -0.39 is 11.9 Å². The van der Waals surface area contributed by atoms with Crippen LogP contribution in [0, 0.1) is 0 Å². The number of hydrogen-bond acceptors (Lipinski definition) is 5. The summed E-state index contributed by atoms with van der Waals surface area (Å²) in [6, 6.07) is 15.3. The summed E-state index contributed by atoms with van der Waals surface area (Å²) in [6.07, 6.45) is 4.67. The molecule has 0 unspecified atom stereocenters. The number of aliphatic carboxylic acids is 2. The highest BCUT2D eigenvalue weighted by Crippen LogP contribution is 2.42. The molecule has 0 saturated carbocycles. The number of carboxylic acid groups (broad SMARTS) is 2. The third-order valence-corrected chi connectivity index (χ3v) is 7.92. The van der Waals surface area contributed by atoms with Gasteiger partial charge in [-0.1, -0.05) is 49.4 Å². The fraction of sp³-hybridized carbons (Fsp3) is 0.394. The lowest BCUT2D eigenvalue weighted by atomic mass is 9.77. The number of carbonyl (C=O) groups is 3. The molecule has 0 atom stereocenters. The first-order valence-corrected chi connectivity index (χ1v) is 14.3. The highest BCUT2D eigenvalue weighted by molar-refractivity contribution is 6.40. The molecule has 1 aliphatic carbocycles. The van der Waals surface area contributed by atoms with Crippen molar-refractivity contribution in [3.05, 3.63) is 77.1 Å².